The van der Waals surface area contributed by atoms with Gasteiger partial charge in [-0.05, 0) is 18.9 Å². The zero-order valence-corrected chi connectivity index (χ0v) is 14.4. The number of amides is 1. The highest BCUT2D eigenvalue weighted by Gasteiger charge is 2.38. The molecule has 6 nitrogen and oxygen atoms in total. The molecule has 2 N–H and O–H groups in total. The Morgan fingerprint density at radius 2 is 1.96 bits per heavy atom. The quantitative estimate of drug-likeness (QED) is 0.844. The van der Waals surface area contributed by atoms with Gasteiger partial charge in [0, 0.05) is 12.7 Å². The number of aryl methyl sites for hydroxylation is 2. The number of hydrogen-bond donors (Lipinski definition) is 2. The monoisotopic (exact) mass is 371 g/mol. The summed E-state index contributed by atoms with van der Waals surface area (Å²) in [5.74, 6) is -2.77. The molecule has 0 aliphatic heterocycles. The number of nitrogens with one attached hydrogen (secondary N) is 1. The maximum Gasteiger partial charge on any atom is 0.490 e. The lowest BCUT2D eigenvalue weighted by atomic mass is 10.1. The van der Waals surface area contributed by atoms with Crippen LogP contribution < -0.4 is 5.32 Å². The Kier molecular flexibility index (Phi) is 7.82. The van der Waals surface area contributed by atoms with Crippen LogP contribution in [-0.4, -0.2) is 32.9 Å². The maximum absolute atomic E-state index is 11.9. The standard InChI is InChI=1S/C15H19N3O.C2HF3O2/c1-3-7-18-11-14(10-16-18)17-15(19)9-13-6-4-5-12(2)8-13;3-2(4,5)1(6)7/h4-6,8,10-11H,3,7,9H2,1-2H3,(H,17,19);(H,6,7). The van der Waals surface area contributed by atoms with E-state index >= 15 is 0 Å². The molecule has 0 spiro atoms. The first-order valence-electron chi connectivity index (χ1n) is 7.79. The fourth-order valence-corrected chi connectivity index (χ4v) is 1.99. The molecule has 0 unspecified atom stereocenters. The first-order chi connectivity index (χ1) is 12.1. The SMILES string of the molecule is CCCn1cc(NC(=O)Cc2cccc(C)c2)cn1.O=C(O)C(F)(F)F. The molecule has 2 rings (SSSR count). The predicted molar refractivity (Wildman–Crippen MR) is 89.7 cm³/mol. The molecule has 0 fully saturated rings. The highest BCUT2D eigenvalue weighted by molar-refractivity contribution is 5.92. The molecule has 0 radical (unpaired) electrons. The van der Waals surface area contributed by atoms with Crippen molar-refractivity contribution in [3.05, 3.63) is 47.8 Å². The first kappa shape index (κ1) is 21.2. The summed E-state index contributed by atoms with van der Waals surface area (Å²) in [4.78, 5) is 20.8. The Morgan fingerprint density at radius 1 is 1.31 bits per heavy atom. The van der Waals surface area contributed by atoms with Crippen LogP contribution in [0.3, 0.4) is 0 Å². The van der Waals surface area contributed by atoms with Gasteiger partial charge in [0.1, 0.15) is 0 Å². The van der Waals surface area contributed by atoms with Crippen molar-refractivity contribution >= 4 is 17.6 Å². The van der Waals surface area contributed by atoms with Crippen LogP contribution in [0.1, 0.15) is 24.5 Å². The maximum atomic E-state index is 11.9. The first-order valence-corrected chi connectivity index (χ1v) is 7.79. The number of aromatic nitrogens is 2. The fraction of sp³-hybridized carbons (Fsp3) is 0.353. The van der Waals surface area contributed by atoms with Gasteiger partial charge in [-0.1, -0.05) is 36.8 Å². The molecule has 0 aliphatic rings. The molecular formula is C17H20F3N3O3. The molecule has 9 heteroatoms. The van der Waals surface area contributed by atoms with E-state index in [1.807, 2.05) is 42.1 Å². The number of hydrogen-bond acceptors (Lipinski definition) is 3. The van der Waals surface area contributed by atoms with E-state index in [1.165, 1.54) is 5.56 Å². The number of carbonyl (C=O) groups excluding carboxylic acids is 1. The third kappa shape index (κ3) is 7.82. The summed E-state index contributed by atoms with van der Waals surface area (Å²) in [6.45, 7) is 4.99. The topological polar surface area (TPSA) is 84.2 Å². The summed E-state index contributed by atoms with van der Waals surface area (Å²) in [7, 11) is 0. The van der Waals surface area contributed by atoms with E-state index < -0.39 is 12.1 Å². The van der Waals surface area contributed by atoms with Gasteiger partial charge in [-0.15, -0.1) is 0 Å². The molecule has 0 atom stereocenters. The number of carboxylic acid groups (broad SMARTS) is 1. The van der Waals surface area contributed by atoms with Gasteiger partial charge in [0.25, 0.3) is 0 Å². The molecular weight excluding hydrogens is 351 g/mol. The molecule has 26 heavy (non-hydrogen) atoms. The van der Waals surface area contributed by atoms with E-state index in [4.69, 9.17) is 9.90 Å². The molecule has 0 aliphatic carbocycles. The molecule has 1 aromatic carbocycles. The Hall–Kier alpha value is -2.84. The zero-order valence-electron chi connectivity index (χ0n) is 14.4. The number of benzene rings is 1. The Balaban J connectivity index is 0.000000412. The molecule has 2 aromatic rings. The van der Waals surface area contributed by atoms with Crippen molar-refractivity contribution in [3.63, 3.8) is 0 Å². The van der Waals surface area contributed by atoms with Crippen molar-refractivity contribution in [3.8, 4) is 0 Å². The third-order valence-electron chi connectivity index (χ3n) is 3.06. The smallest absolute Gasteiger partial charge is 0.475 e. The van der Waals surface area contributed by atoms with Gasteiger partial charge in [-0.2, -0.15) is 18.3 Å². The van der Waals surface area contributed by atoms with Gasteiger partial charge in [-0.3, -0.25) is 9.48 Å². The summed E-state index contributed by atoms with van der Waals surface area (Å²) in [6, 6.07) is 7.99. The second kappa shape index (κ2) is 9.59. The van der Waals surface area contributed by atoms with Crippen LogP contribution in [0.2, 0.25) is 0 Å². The fourth-order valence-electron chi connectivity index (χ4n) is 1.99. The number of carbonyl (C=O) groups is 2. The molecule has 0 bridgehead atoms. The van der Waals surface area contributed by atoms with Crippen LogP contribution in [0, 0.1) is 6.92 Å². The van der Waals surface area contributed by atoms with Crippen molar-refractivity contribution in [2.45, 2.75) is 39.4 Å². The van der Waals surface area contributed by atoms with E-state index in [2.05, 4.69) is 17.3 Å². The van der Waals surface area contributed by atoms with E-state index in [0.717, 1.165) is 24.2 Å². The van der Waals surface area contributed by atoms with Crippen LogP contribution in [0.15, 0.2) is 36.7 Å². The van der Waals surface area contributed by atoms with Crippen LogP contribution in [0.5, 0.6) is 0 Å². The Bertz CT molecular complexity index is 742. The number of alkyl halides is 3. The van der Waals surface area contributed by atoms with E-state index in [-0.39, 0.29) is 5.91 Å². The third-order valence-corrected chi connectivity index (χ3v) is 3.06. The van der Waals surface area contributed by atoms with Gasteiger partial charge in [0.2, 0.25) is 5.91 Å². The van der Waals surface area contributed by atoms with E-state index in [1.54, 1.807) is 6.20 Å². The number of carboxylic acids is 1. The molecule has 142 valence electrons. The Labute approximate surface area is 148 Å². The van der Waals surface area contributed by atoms with Gasteiger partial charge in [-0.25, -0.2) is 4.79 Å². The lowest BCUT2D eigenvalue weighted by Gasteiger charge is -2.03. The summed E-state index contributed by atoms with van der Waals surface area (Å²) >= 11 is 0. The normalized spacial score (nSPS) is 10.7. The predicted octanol–water partition coefficient (Wildman–Crippen LogP) is 3.42. The van der Waals surface area contributed by atoms with Crippen LogP contribution in [-0.2, 0) is 22.6 Å². The number of anilines is 1. The molecule has 0 saturated carbocycles. The number of nitrogens with zero attached hydrogens (tertiary/aromatic N) is 2. The van der Waals surface area contributed by atoms with E-state index in [9.17, 15) is 18.0 Å². The molecule has 1 amide bonds. The summed E-state index contributed by atoms with van der Waals surface area (Å²) in [6.07, 6.45) is -0.125. The summed E-state index contributed by atoms with van der Waals surface area (Å²) < 4.78 is 33.6. The van der Waals surface area contributed by atoms with Crippen molar-refractivity contribution < 1.29 is 27.9 Å². The van der Waals surface area contributed by atoms with Crippen LogP contribution in [0.25, 0.3) is 0 Å². The average molecular weight is 371 g/mol. The van der Waals surface area contributed by atoms with Crippen molar-refractivity contribution in [2.24, 2.45) is 0 Å². The lowest BCUT2D eigenvalue weighted by molar-refractivity contribution is -0.192. The molecule has 0 saturated heterocycles. The highest BCUT2D eigenvalue weighted by Crippen LogP contribution is 2.13. The van der Waals surface area contributed by atoms with Crippen molar-refractivity contribution in [1.82, 2.24) is 9.78 Å². The molecule has 1 aromatic heterocycles. The minimum Gasteiger partial charge on any atom is -0.475 e. The van der Waals surface area contributed by atoms with Gasteiger partial charge in [0.05, 0.1) is 18.3 Å². The van der Waals surface area contributed by atoms with E-state index in [0.29, 0.717) is 6.42 Å². The van der Waals surface area contributed by atoms with Crippen molar-refractivity contribution in [1.29, 1.82) is 0 Å². The van der Waals surface area contributed by atoms with Gasteiger partial charge >= 0.3 is 12.1 Å². The van der Waals surface area contributed by atoms with Gasteiger partial charge < -0.3 is 10.4 Å². The minimum atomic E-state index is -5.08. The summed E-state index contributed by atoms with van der Waals surface area (Å²) in [5, 5.41) is 14.2. The number of aliphatic carboxylic acids is 1. The molecule has 1 heterocycles. The van der Waals surface area contributed by atoms with Crippen molar-refractivity contribution in [2.75, 3.05) is 5.32 Å². The number of halogens is 3. The second-order valence-electron chi connectivity index (χ2n) is 5.51. The zero-order chi connectivity index (χ0) is 19.7. The van der Waals surface area contributed by atoms with Crippen LogP contribution >= 0.6 is 0 Å². The second-order valence-corrected chi connectivity index (χ2v) is 5.51. The minimum absolute atomic E-state index is 0.0124. The number of rotatable bonds is 5. The highest BCUT2D eigenvalue weighted by atomic mass is 19.4. The summed E-state index contributed by atoms with van der Waals surface area (Å²) in [5.41, 5.74) is 2.95. The van der Waals surface area contributed by atoms with Crippen LogP contribution in [0.4, 0.5) is 18.9 Å². The average Bonchev–Trinajstić information content (AvgIpc) is 2.94. The lowest BCUT2D eigenvalue weighted by Crippen LogP contribution is -2.21. The van der Waals surface area contributed by atoms with Gasteiger partial charge in [0.15, 0.2) is 0 Å². The largest absolute Gasteiger partial charge is 0.490 e. The Morgan fingerprint density at radius 3 is 2.50 bits per heavy atom.